The van der Waals surface area contributed by atoms with E-state index in [0.717, 1.165) is 12.8 Å². The van der Waals surface area contributed by atoms with Gasteiger partial charge in [0.1, 0.15) is 18.0 Å². The topological polar surface area (TPSA) is 91.3 Å². The number of carbonyl (C=O) groups excluding carboxylic acids is 1. The van der Waals surface area contributed by atoms with Gasteiger partial charge in [-0.2, -0.15) is 5.10 Å². The van der Waals surface area contributed by atoms with E-state index in [1.54, 1.807) is 4.90 Å². The number of hydrogen-bond donors (Lipinski definition) is 2. The molecule has 1 aromatic rings. The van der Waals surface area contributed by atoms with E-state index in [0.29, 0.717) is 12.4 Å². The molecule has 1 amide bonds. The molecule has 2 rings (SSSR count). The van der Waals surface area contributed by atoms with E-state index in [9.17, 15) is 9.90 Å². The molecule has 0 saturated carbocycles. The predicted octanol–water partition coefficient (Wildman–Crippen LogP) is 1.24. The van der Waals surface area contributed by atoms with Crippen molar-refractivity contribution in [1.82, 2.24) is 20.1 Å². The lowest BCUT2D eigenvalue weighted by Crippen LogP contribution is -2.42. The fraction of sp³-hybridized carbons (Fsp3) is 0.750. The Labute approximate surface area is 112 Å². The first-order valence-electron chi connectivity index (χ1n) is 6.41. The Morgan fingerprint density at radius 1 is 1.63 bits per heavy atom. The van der Waals surface area contributed by atoms with Gasteiger partial charge in [0.2, 0.25) is 0 Å². The number of hydrogen-bond acceptors (Lipinski definition) is 5. The number of likely N-dealkylation sites (tertiary alicyclic amines) is 1. The third-order valence-electron chi connectivity index (χ3n) is 3.01. The molecule has 2 atom stereocenters. The molecule has 0 aliphatic carbocycles. The summed E-state index contributed by atoms with van der Waals surface area (Å²) in [6.45, 7) is 6.05. The van der Waals surface area contributed by atoms with Crippen LogP contribution >= 0.6 is 0 Å². The van der Waals surface area contributed by atoms with Crippen LogP contribution in [0.3, 0.4) is 0 Å². The molecule has 19 heavy (non-hydrogen) atoms. The van der Waals surface area contributed by atoms with Crippen LogP contribution in [0, 0.1) is 0 Å². The molecule has 0 aromatic carbocycles. The van der Waals surface area contributed by atoms with Crippen LogP contribution < -0.4 is 0 Å². The Morgan fingerprint density at radius 2 is 2.37 bits per heavy atom. The van der Waals surface area contributed by atoms with Crippen LogP contribution in [0.5, 0.6) is 0 Å². The minimum Gasteiger partial charge on any atom is -0.444 e. The maximum atomic E-state index is 12.1. The van der Waals surface area contributed by atoms with Crippen molar-refractivity contribution in [3.05, 3.63) is 12.2 Å². The summed E-state index contributed by atoms with van der Waals surface area (Å²) >= 11 is 0. The molecule has 106 valence electrons. The zero-order chi connectivity index (χ0) is 14.0. The van der Waals surface area contributed by atoms with Gasteiger partial charge in [0.05, 0.1) is 6.04 Å². The summed E-state index contributed by atoms with van der Waals surface area (Å²) in [6.07, 6.45) is 1.65. The molecule has 1 unspecified atom stereocenters. The quantitative estimate of drug-likeness (QED) is 0.842. The number of H-pyrrole nitrogens is 1. The molecule has 1 aromatic heterocycles. The molecule has 1 aliphatic heterocycles. The molecule has 1 saturated heterocycles. The second-order valence-electron chi connectivity index (χ2n) is 5.70. The van der Waals surface area contributed by atoms with Crippen molar-refractivity contribution in [3.8, 4) is 0 Å². The van der Waals surface area contributed by atoms with Gasteiger partial charge in [-0.25, -0.2) is 9.78 Å². The Balaban J connectivity index is 2.06. The highest BCUT2D eigenvalue weighted by Gasteiger charge is 2.37. The van der Waals surface area contributed by atoms with Crippen LogP contribution in [-0.4, -0.2) is 49.5 Å². The van der Waals surface area contributed by atoms with Gasteiger partial charge >= 0.3 is 6.09 Å². The number of nitrogens with one attached hydrogen (secondary N) is 1. The van der Waals surface area contributed by atoms with E-state index in [1.807, 2.05) is 20.8 Å². The van der Waals surface area contributed by atoms with Crippen molar-refractivity contribution in [2.45, 2.75) is 51.4 Å². The number of amides is 1. The van der Waals surface area contributed by atoms with Gasteiger partial charge in [-0.15, -0.1) is 0 Å². The number of nitrogens with zero attached hydrogens (tertiary/aromatic N) is 3. The summed E-state index contributed by atoms with van der Waals surface area (Å²) in [7, 11) is 0. The first kappa shape index (κ1) is 13.8. The highest BCUT2D eigenvalue weighted by atomic mass is 16.6. The minimum absolute atomic E-state index is 0.317. The molecule has 0 spiro atoms. The van der Waals surface area contributed by atoms with Crippen LogP contribution in [0.15, 0.2) is 6.33 Å². The van der Waals surface area contributed by atoms with E-state index < -0.39 is 17.8 Å². The van der Waals surface area contributed by atoms with Crippen LogP contribution in [-0.2, 0) is 4.74 Å². The van der Waals surface area contributed by atoms with Crippen LogP contribution in [0.25, 0.3) is 0 Å². The van der Waals surface area contributed by atoms with E-state index in [4.69, 9.17) is 4.74 Å². The van der Waals surface area contributed by atoms with E-state index in [2.05, 4.69) is 15.2 Å². The molecule has 1 fully saturated rings. The normalized spacial score (nSPS) is 21.5. The number of aromatic nitrogens is 3. The molecular formula is C12H20N4O3. The summed E-state index contributed by atoms with van der Waals surface area (Å²) in [5, 5.41) is 16.6. The van der Waals surface area contributed by atoms with Gasteiger partial charge in [0, 0.05) is 6.54 Å². The maximum absolute atomic E-state index is 12.1. The van der Waals surface area contributed by atoms with Crippen molar-refractivity contribution < 1.29 is 14.6 Å². The molecular weight excluding hydrogens is 248 g/mol. The summed E-state index contributed by atoms with van der Waals surface area (Å²) in [5.41, 5.74) is -0.540. The molecule has 2 N–H and O–H groups in total. The summed E-state index contributed by atoms with van der Waals surface area (Å²) < 4.78 is 5.35. The average Bonchev–Trinajstić information content (AvgIpc) is 2.97. The second-order valence-corrected chi connectivity index (χ2v) is 5.70. The number of aliphatic hydroxyl groups is 1. The van der Waals surface area contributed by atoms with E-state index in [1.165, 1.54) is 6.33 Å². The second kappa shape index (κ2) is 5.16. The summed E-state index contributed by atoms with van der Waals surface area (Å²) in [4.78, 5) is 17.6. The first-order chi connectivity index (χ1) is 8.88. The van der Waals surface area contributed by atoms with Crippen molar-refractivity contribution in [1.29, 1.82) is 0 Å². The predicted molar refractivity (Wildman–Crippen MR) is 67.3 cm³/mol. The van der Waals surface area contributed by atoms with Crippen molar-refractivity contribution in [2.75, 3.05) is 6.54 Å². The standard InChI is InChI=1S/C12H20N4O3/c1-12(2,3)19-11(18)16-6-4-5-8(16)9(17)10-13-7-14-15-10/h7-9,17H,4-6H2,1-3H3,(H,13,14,15)/t8-,9?/m0/s1. The number of rotatable bonds is 2. The van der Waals surface area contributed by atoms with Crippen molar-refractivity contribution in [3.63, 3.8) is 0 Å². The molecule has 7 nitrogen and oxygen atoms in total. The molecule has 0 radical (unpaired) electrons. The summed E-state index contributed by atoms with van der Waals surface area (Å²) in [5.74, 6) is 0.375. The number of ether oxygens (including phenoxy) is 1. The lowest BCUT2D eigenvalue weighted by molar-refractivity contribution is 0.00354. The van der Waals surface area contributed by atoms with Gasteiger partial charge in [-0.1, -0.05) is 0 Å². The van der Waals surface area contributed by atoms with E-state index in [-0.39, 0.29) is 6.04 Å². The Morgan fingerprint density at radius 3 is 2.95 bits per heavy atom. The average molecular weight is 268 g/mol. The fourth-order valence-electron chi connectivity index (χ4n) is 2.21. The third kappa shape index (κ3) is 3.23. The first-order valence-corrected chi connectivity index (χ1v) is 6.41. The van der Waals surface area contributed by atoms with Crippen LogP contribution in [0.4, 0.5) is 4.79 Å². The minimum atomic E-state index is -0.863. The molecule has 1 aliphatic rings. The Kier molecular flexibility index (Phi) is 3.75. The summed E-state index contributed by atoms with van der Waals surface area (Å²) in [6, 6.07) is -0.317. The molecule has 0 bridgehead atoms. The number of aromatic amines is 1. The van der Waals surface area contributed by atoms with E-state index >= 15 is 0 Å². The van der Waals surface area contributed by atoms with Crippen molar-refractivity contribution >= 4 is 6.09 Å². The Hall–Kier alpha value is -1.63. The maximum Gasteiger partial charge on any atom is 0.410 e. The molecule has 7 heteroatoms. The third-order valence-corrected chi connectivity index (χ3v) is 3.01. The number of aliphatic hydroxyl groups excluding tert-OH is 1. The number of carbonyl (C=O) groups is 1. The SMILES string of the molecule is CC(C)(C)OC(=O)N1CCC[C@H]1C(O)c1ncn[nH]1. The van der Waals surface area contributed by atoms with Gasteiger partial charge in [-0.05, 0) is 33.6 Å². The lowest BCUT2D eigenvalue weighted by Gasteiger charge is -2.30. The van der Waals surface area contributed by atoms with Gasteiger partial charge in [0.15, 0.2) is 5.82 Å². The largest absolute Gasteiger partial charge is 0.444 e. The highest BCUT2D eigenvalue weighted by Crippen LogP contribution is 2.28. The highest BCUT2D eigenvalue weighted by molar-refractivity contribution is 5.69. The lowest BCUT2D eigenvalue weighted by atomic mass is 10.1. The van der Waals surface area contributed by atoms with Gasteiger partial charge in [-0.3, -0.25) is 5.10 Å². The zero-order valence-electron chi connectivity index (χ0n) is 11.5. The Bertz CT molecular complexity index is 427. The smallest absolute Gasteiger partial charge is 0.410 e. The van der Waals surface area contributed by atoms with Crippen molar-refractivity contribution in [2.24, 2.45) is 0 Å². The monoisotopic (exact) mass is 268 g/mol. The fourth-order valence-corrected chi connectivity index (χ4v) is 2.21. The zero-order valence-corrected chi connectivity index (χ0v) is 11.5. The van der Waals surface area contributed by atoms with Gasteiger partial charge in [0.25, 0.3) is 0 Å². The molecule has 2 heterocycles. The van der Waals surface area contributed by atoms with Crippen LogP contribution in [0.1, 0.15) is 45.5 Å². The van der Waals surface area contributed by atoms with Gasteiger partial charge < -0.3 is 14.7 Å². The van der Waals surface area contributed by atoms with Crippen LogP contribution in [0.2, 0.25) is 0 Å².